The van der Waals surface area contributed by atoms with Gasteiger partial charge in [-0.25, -0.2) is 0 Å². The van der Waals surface area contributed by atoms with E-state index < -0.39 is 21.0 Å². The van der Waals surface area contributed by atoms with Crippen molar-refractivity contribution in [3.8, 4) is 0 Å². The highest BCUT2D eigenvalue weighted by molar-refractivity contribution is 7.86. The fourth-order valence-electron chi connectivity index (χ4n) is 1.75. The highest BCUT2D eigenvalue weighted by atomic mass is 32.3. The summed E-state index contributed by atoms with van der Waals surface area (Å²) in [5.74, 6) is -0.582. The van der Waals surface area contributed by atoms with E-state index in [-0.39, 0.29) is 11.3 Å². The zero-order chi connectivity index (χ0) is 15.6. The Morgan fingerprint density at radius 1 is 1.19 bits per heavy atom. The van der Waals surface area contributed by atoms with Crippen LogP contribution in [-0.2, 0) is 10.2 Å². The molecule has 0 saturated carbocycles. The Balaban J connectivity index is 2.39. The van der Waals surface area contributed by atoms with Crippen molar-refractivity contribution in [2.75, 3.05) is 5.32 Å². The highest BCUT2D eigenvalue weighted by Gasteiger charge is 2.19. The number of hydrogen-bond acceptors (Lipinski definition) is 5. The number of hydrogen-bond donors (Lipinski definition) is 1. The molecule has 2 rings (SSSR count). The summed E-state index contributed by atoms with van der Waals surface area (Å²) in [6.45, 7) is 3.27. The minimum absolute atomic E-state index is 0.126. The van der Waals surface area contributed by atoms with E-state index in [9.17, 15) is 17.1 Å². The lowest BCUT2D eigenvalue weighted by molar-refractivity contribution is 0.102. The number of carbonyl (C=O) groups excluding carboxylic acids is 1. The molecule has 1 aromatic carbocycles. The third-order valence-corrected chi connectivity index (χ3v) is 3.62. The lowest BCUT2D eigenvalue weighted by Crippen LogP contribution is -2.16. The number of aromatic nitrogens is 2. The molecule has 0 radical (unpaired) electrons. The van der Waals surface area contributed by atoms with Crippen molar-refractivity contribution in [3.63, 3.8) is 0 Å². The number of nitrogens with zero attached hydrogens (tertiary/aromatic N) is 2. The van der Waals surface area contributed by atoms with E-state index in [2.05, 4.69) is 15.5 Å². The monoisotopic (exact) mass is 309 g/mol. The molecule has 8 heteroatoms. The van der Waals surface area contributed by atoms with E-state index in [1.165, 1.54) is 24.3 Å². The Bertz CT molecular complexity index is 806. The summed E-state index contributed by atoms with van der Waals surface area (Å²) in [6.07, 6.45) is 0. The normalized spacial score (nSPS) is 11.2. The summed E-state index contributed by atoms with van der Waals surface area (Å²) < 4.78 is 35.3. The molecule has 0 aliphatic rings. The molecule has 1 heterocycles. The number of para-hydroxylation sites is 1. The lowest BCUT2D eigenvalue weighted by atomic mass is 10.2. The van der Waals surface area contributed by atoms with Gasteiger partial charge in [0.25, 0.3) is 5.91 Å². The molecule has 0 aliphatic heterocycles. The minimum atomic E-state index is -4.92. The highest BCUT2D eigenvalue weighted by Crippen LogP contribution is 2.23. The molecule has 21 heavy (non-hydrogen) atoms. The second-order valence-electron chi connectivity index (χ2n) is 4.37. The van der Waals surface area contributed by atoms with Gasteiger partial charge in [0.05, 0.1) is 22.6 Å². The van der Waals surface area contributed by atoms with E-state index >= 15 is 0 Å². The first-order valence-electron chi connectivity index (χ1n) is 5.95. The molecule has 6 nitrogen and oxygen atoms in total. The molecule has 1 aromatic heterocycles. The molecule has 0 aliphatic carbocycles. The molecule has 1 amide bonds. The molecule has 0 spiro atoms. The average molecular weight is 309 g/mol. The van der Waals surface area contributed by atoms with E-state index in [1.807, 2.05) is 0 Å². The zero-order valence-electron chi connectivity index (χ0n) is 11.3. The van der Waals surface area contributed by atoms with Crippen LogP contribution in [0.3, 0.4) is 0 Å². The van der Waals surface area contributed by atoms with Gasteiger partial charge < -0.3 is 5.32 Å². The molecule has 0 bridgehead atoms. The fourth-order valence-corrected chi connectivity index (χ4v) is 2.37. The van der Waals surface area contributed by atoms with Gasteiger partial charge in [0.15, 0.2) is 0 Å². The third kappa shape index (κ3) is 3.40. The Hall–Kier alpha value is -2.35. The first kappa shape index (κ1) is 15.0. The Labute approximate surface area is 121 Å². The molecule has 0 fully saturated rings. The number of benzene rings is 1. The first-order chi connectivity index (χ1) is 9.79. The number of amides is 1. The van der Waals surface area contributed by atoms with Crippen molar-refractivity contribution < 1.29 is 17.1 Å². The summed E-state index contributed by atoms with van der Waals surface area (Å²) in [4.78, 5) is 11.6. The van der Waals surface area contributed by atoms with Crippen LogP contribution < -0.4 is 5.32 Å². The van der Waals surface area contributed by atoms with Crippen LogP contribution in [0, 0.1) is 13.8 Å². The number of rotatable bonds is 3. The van der Waals surface area contributed by atoms with E-state index in [1.54, 1.807) is 13.8 Å². The maximum Gasteiger partial charge on any atom is 0.334 e. The smallest absolute Gasteiger partial charge is 0.321 e. The van der Waals surface area contributed by atoms with Crippen molar-refractivity contribution in [1.82, 2.24) is 10.2 Å². The predicted molar refractivity (Wildman–Crippen MR) is 74.2 cm³/mol. The Kier molecular flexibility index (Phi) is 3.99. The second kappa shape index (κ2) is 5.57. The molecule has 110 valence electrons. The SMILES string of the molecule is Cc1cc(C(=O)Nc2ccccc2S(=O)(=O)F)c(C)nn1. The Morgan fingerprint density at radius 3 is 2.52 bits per heavy atom. The van der Waals surface area contributed by atoms with Crippen LogP contribution in [0.1, 0.15) is 21.7 Å². The van der Waals surface area contributed by atoms with Crippen LogP contribution in [0.25, 0.3) is 0 Å². The molecular formula is C13H12FN3O3S. The van der Waals surface area contributed by atoms with Crippen molar-refractivity contribution >= 4 is 21.8 Å². The van der Waals surface area contributed by atoms with Crippen molar-refractivity contribution in [2.45, 2.75) is 18.7 Å². The molecule has 1 N–H and O–H groups in total. The molecule has 0 atom stereocenters. The van der Waals surface area contributed by atoms with Crippen LogP contribution in [0.4, 0.5) is 9.57 Å². The zero-order valence-corrected chi connectivity index (χ0v) is 12.1. The quantitative estimate of drug-likeness (QED) is 0.876. The van der Waals surface area contributed by atoms with E-state index in [4.69, 9.17) is 0 Å². The van der Waals surface area contributed by atoms with Crippen LogP contribution in [0.2, 0.25) is 0 Å². The van der Waals surface area contributed by atoms with Gasteiger partial charge >= 0.3 is 10.2 Å². The van der Waals surface area contributed by atoms with Gasteiger partial charge in [0, 0.05) is 0 Å². The number of halogens is 1. The first-order valence-corrected chi connectivity index (χ1v) is 7.33. The predicted octanol–water partition coefficient (Wildman–Crippen LogP) is 2.00. The van der Waals surface area contributed by atoms with Gasteiger partial charge in [0.2, 0.25) is 0 Å². The van der Waals surface area contributed by atoms with Gasteiger partial charge in [-0.2, -0.15) is 18.6 Å². The Morgan fingerprint density at radius 2 is 1.86 bits per heavy atom. The lowest BCUT2D eigenvalue weighted by Gasteiger charge is -2.09. The topological polar surface area (TPSA) is 89.0 Å². The summed E-state index contributed by atoms with van der Waals surface area (Å²) in [5.41, 5.74) is 1.04. The van der Waals surface area contributed by atoms with Crippen LogP contribution in [0.5, 0.6) is 0 Å². The summed E-state index contributed by atoms with van der Waals surface area (Å²) >= 11 is 0. The van der Waals surface area contributed by atoms with Crippen LogP contribution >= 0.6 is 0 Å². The van der Waals surface area contributed by atoms with Gasteiger partial charge in [-0.3, -0.25) is 4.79 Å². The number of carbonyl (C=O) groups is 1. The average Bonchev–Trinajstić information content (AvgIpc) is 2.41. The summed E-state index contributed by atoms with van der Waals surface area (Å²) in [6, 6.07) is 6.76. The number of nitrogens with one attached hydrogen (secondary N) is 1. The van der Waals surface area contributed by atoms with Crippen LogP contribution in [-0.4, -0.2) is 24.5 Å². The maximum atomic E-state index is 13.2. The molecule has 2 aromatic rings. The summed E-state index contributed by atoms with van der Waals surface area (Å²) in [7, 11) is -4.92. The summed E-state index contributed by atoms with van der Waals surface area (Å²) in [5, 5.41) is 9.98. The van der Waals surface area contributed by atoms with Crippen LogP contribution in [0.15, 0.2) is 35.2 Å². The van der Waals surface area contributed by atoms with Gasteiger partial charge in [-0.15, -0.1) is 3.89 Å². The second-order valence-corrected chi connectivity index (χ2v) is 5.69. The minimum Gasteiger partial charge on any atom is -0.321 e. The third-order valence-electron chi connectivity index (χ3n) is 2.74. The number of anilines is 1. The fraction of sp³-hybridized carbons (Fsp3) is 0.154. The van der Waals surface area contributed by atoms with Crippen molar-refractivity contribution in [1.29, 1.82) is 0 Å². The van der Waals surface area contributed by atoms with Gasteiger partial charge in [0.1, 0.15) is 4.90 Å². The molecule has 0 saturated heterocycles. The van der Waals surface area contributed by atoms with E-state index in [0.29, 0.717) is 11.4 Å². The van der Waals surface area contributed by atoms with Crippen molar-refractivity contribution in [3.05, 3.63) is 47.3 Å². The standard InChI is InChI=1S/C13H12FN3O3S/c1-8-7-10(9(2)17-16-8)13(18)15-11-5-3-4-6-12(11)21(14,19)20/h3-7H,1-2H3,(H,15,18). The number of aryl methyl sites for hydroxylation is 2. The van der Waals surface area contributed by atoms with E-state index in [0.717, 1.165) is 6.07 Å². The largest absolute Gasteiger partial charge is 0.334 e. The molecular weight excluding hydrogens is 297 g/mol. The van der Waals surface area contributed by atoms with Gasteiger partial charge in [-0.05, 0) is 32.0 Å². The van der Waals surface area contributed by atoms with Crippen molar-refractivity contribution in [2.24, 2.45) is 0 Å². The molecule has 0 unspecified atom stereocenters. The van der Waals surface area contributed by atoms with Gasteiger partial charge in [-0.1, -0.05) is 12.1 Å². The maximum absolute atomic E-state index is 13.2.